The number of hydrogen-bond donors (Lipinski definition) is 2. The second-order valence-electron chi connectivity index (χ2n) is 5.54. The molecule has 120 valence electrons. The molecule has 0 fully saturated rings. The Bertz CT molecular complexity index is 775. The maximum absolute atomic E-state index is 12.9. The number of aryl methyl sites for hydroxylation is 1. The van der Waals surface area contributed by atoms with E-state index >= 15 is 0 Å². The molecule has 0 bridgehead atoms. The molecular weight excluding hydrogens is 364 g/mol. The molecule has 0 saturated carbocycles. The molecule has 1 aromatic rings. The summed E-state index contributed by atoms with van der Waals surface area (Å²) < 4.78 is 0.775. The summed E-state index contributed by atoms with van der Waals surface area (Å²) >= 11 is 3.29. The van der Waals surface area contributed by atoms with Crippen molar-refractivity contribution in [1.29, 1.82) is 0 Å². The molecule has 0 radical (unpaired) electrons. The van der Waals surface area contributed by atoms with Gasteiger partial charge in [-0.3, -0.25) is 9.59 Å². The molecule has 1 aliphatic rings. The summed E-state index contributed by atoms with van der Waals surface area (Å²) in [6.07, 6.45) is 2.32. The van der Waals surface area contributed by atoms with Gasteiger partial charge >= 0.3 is 11.9 Å². The third kappa shape index (κ3) is 2.99. The van der Waals surface area contributed by atoms with Gasteiger partial charge in [-0.2, -0.15) is 0 Å². The van der Waals surface area contributed by atoms with Crippen LogP contribution < -0.4 is 0 Å². The molecule has 2 rings (SSSR count). The monoisotopic (exact) mass is 378 g/mol. The Kier molecular flexibility index (Phi) is 4.56. The van der Waals surface area contributed by atoms with E-state index in [0.29, 0.717) is 11.1 Å². The number of aliphatic carboxylic acids is 2. The van der Waals surface area contributed by atoms with Crippen molar-refractivity contribution >= 4 is 33.7 Å². The zero-order valence-corrected chi connectivity index (χ0v) is 14.2. The fraction of sp³-hybridized carbons (Fsp3) is 0.235. The lowest BCUT2D eigenvalue weighted by Gasteiger charge is -2.29. The van der Waals surface area contributed by atoms with Crippen LogP contribution >= 0.6 is 15.9 Å². The van der Waals surface area contributed by atoms with Gasteiger partial charge in [-0.05, 0) is 43.2 Å². The van der Waals surface area contributed by atoms with E-state index < -0.39 is 23.1 Å². The van der Waals surface area contributed by atoms with Gasteiger partial charge in [-0.25, -0.2) is 4.79 Å². The second kappa shape index (κ2) is 6.12. The predicted molar refractivity (Wildman–Crippen MR) is 87.4 cm³/mol. The molecule has 0 aliphatic heterocycles. The van der Waals surface area contributed by atoms with Crippen LogP contribution in [-0.2, 0) is 9.59 Å². The Hall–Kier alpha value is -2.21. The molecule has 6 heteroatoms. The normalized spacial score (nSPS) is 20.5. The number of hydrogen-bond acceptors (Lipinski definition) is 3. The summed E-state index contributed by atoms with van der Waals surface area (Å²) in [6, 6.07) is 4.92. The number of halogens is 1. The van der Waals surface area contributed by atoms with Gasteiger partial charge < -0.3 is 10.2 Å². The first-order chi connectivity index (χ1) is 10.7. The lowest BCUT2D eigenvalue weighted by atomic mass is 9.71. The molecule has 2 N–H and O–H groups in total. The number of allylic oxidation sites excluding steroid dienone is 2. The minimum absolute atomic E-state index is 0.0574. The number of ketones is 1. The molecule has 0 aromatic heterocycles. The molecule has 0 heterocycles. The Morgan fingerprint density at radius 2 is 1.83 bits per heavy atom. The highest BCUT2D eigenvalue weighted by Gasteiger charge is 2.47. The maximum atomic E-state index is 12.9. The molecule has 0 saturated heterocycles. The summed E-state index contributed by atoms with van der Waals surface area (Å²) in [5.41, 5.74) is -0.606. The van der Waals surface area contributed by atoms with Gasteiger partial charge in [-0.15, -0.1) is 0 Å². The zero-order chi connectivity index (χ0) is 17.4. The maximum Gasteiger partial charge on any atom is 0.331 e. The van der Waals surface area contributed by atoms with Crippen LogP contribution in [0.3, 0.4) is 0 Å². The van der Waals surface area contributed by atoms with E-state index in [1.54, 1.807) is 32.0 Å². The van der Waals surface area contributed by atoms with Gasteiger partial charge in [0.15, 0.2) is 11.2 Å². The summed E-state index contributed by atoms with van der Waals surface area (Å²) in [5.74, 6) is -3.18. The Morgan fingerprint density at radius 1 is 1.17 bits per heavy atom. The van der Waals surface area contributed by atoms with Crippen molar-refractivity contribution in [2.24, 2.45) is 5.41 Å². The van der Waals surface area contributed by atoms with Crippen molar-refractivity contribution in [1.82, 2.24) is 0 Å². The van der Waals surface area contributed by atoms with Crippen LogP contribution in [0.15, 0.2) is 46.0 Å². The quantitative estimate of drug-likeness (QED) is 0.618. The van der Waals surface area contributed by atoms with Crippen molar-refractivity contribution in [2.75, 3.05) is 0 Å². The summed E-state index contributed by atoms with van der Waals surface area (Å²) in [5, 5.41) is 18.9. The molecular formula is C17H15BrO5. The fourth-order valence-corrected chi connectivity index (χ4v) is 3.09. The molecule has 1 aliphatic carbocycles. The van der Waals surface area contributed by atoms with Crippen molar-refractivity contribution < 1.29 is 24.6 Å². The SMILES string of the molecule is CC1=C(C(=O)O)CC(C(=O)O)(C(=O)c2ccc(Br)cc2C)C=C1. The zero-order valence-electron chi connectivity index (χ0n) is 12.6. The fourth-order valence-electron chi connectivity index (χ4n) is 2.61. The summed E-state index contributed by atoms with van der Waals surface area (Å²) in [6.45, 7) is 3.29. The minimum atomic E-state index is -1.90. The van der Waals surface area contributed by atoms with Crippen LogP contribution in [0.25, 0.3) is 0 Å². The van der Waals surface area contributed by atoms with Gasteiger partial charge in [0.1, 0.15) is 0 Å². The lowest BCUT2D eigenvalue weighted by molar-refractivity contribution is -0.143. The summed E-state index contributed by atoms with van der Waals surface area (Å²) in [7, 11) is 0. The molecule has 5 nitrogen and oxygen atoms in total. The number of rotatable bonds is 4. The standard InChI is InChI=1S/C17H15BrO5/c1-9-5-6-17(16(22)23,8-13(9)15(20)21)14(19)12-4-3-11(18)7-10(12)2/h3-7H,8H2,1-2H3,(H,20,21)(H,22,23). The number of carboxylic acids is 2. The second-order valence-corrected chi connectivity index (χ2v) is 6.46. The number of benzene rings is 1. The van der Waals surface area contributed by atoms with Gasteiger partial charge in [0, 0.05) is 22.0 Å². The first kappa shape index (κ1) is 17.1. The highest BCUT2D eigenvalue weighted by molar-refractivity contribution is 9.10. The number of carboxylic acid groups (broad SMARTS) is 2. The van der Waals surface area contributed by atoms with Crippen molar-refractivity contribution in [3.63, 3.8) is 0 Å². The Labute approximate surface area is 141 Å². The first-order valence-electron chi connectivity index (χ1n) is 6.85. The van der Waals surface area contributed by atoms with Gasteiger partial charge in [-0.1, -0.05) is 28.1 Å². The van der Waals surface area contributed by atoms with E-state index in [4.69, 9.17) is 0 Å². The lowest BCUT2D eigenvalue weighted by Crippen LogP contribution is -2.40. The predicted octanol–water partition coefficient (Wildman–Crippen LogP) is 3.37. The first-order valence-corrected chi connectivity index (χ1v) is 7.65. The summed E-state index contributed by atoms with van der Waals surface area (Å²) in [4.78, 5) is 36.1. The molecule has 0 amide bonds. The Morgan fingerprint density at radius 3 is 2.35 bits per heavy atom. The van der Waals surface area contributed by atoms with Gasteiger partial charge in [0.05, 0.1) is 0 Å². The molecule has 23 heavy (non-hydrogen) atoms. The van der Waals surface area contributed by atoms with Crippen LogP contribution in [0.4, 0.5) is 0 Å². The van der Waals surface area contributed by atoms with E-state index in [2.05, 4.69) is 15.9 Å². The number of carbonyl (C=O) groups is 3. The van der Waals surface area contributed by atoms with Crippen LogP contribution in [0.5, 0.6) is 0 Å². The largest absolute Gasteiger partial charge is 0.480 e. The average Bonchev–Trinajstić information content (AvgIpc) is 2.46. The van der Waals surface area contributed by atoms with E-state index in [-0.39, 0.29) is 17.6 Å². The third-order valence-corrected chi connectivity index (χ3v) is 4.52. The van der Waals surface area contributed by atoms with Crippen molar-refractivity contribution in [3.8, 4) is 0 Å². The van der Waals surface area contributed by atoms with Gasteiger partial charge in [0.25, 0.3) is 0 Å². The third-order valence-electron chi connectivity index (χ3n) is 4.03. The van der Waals surface area contributed by atoms with E-state index in [9.17, 15) is 24.6 Å². The minimum Gasteiger partial charge on any atom is -0.480 e. The van der Waals surface area contributed by atoms with Crippen LogP contribution in [-0.4, -0.2) is 27.9 Å². The van der Waals surface area contributed by atoms with Crippen molar-refractivity contribution in [3.05, 3.63) is 57.1 Å². The highest BCUT2D eigenvalue weighted by atomic mass is 79.9. The molecule has 1 unspecified atom stereocenters. The molecule has 1 atom stereocenters. The van der Waals surface area contributed by atoms with E-state index in [1.807, 2.05) is 0 Å². The van der Waals surface area contributed by atoms with Crippen LogP contribution in [0, 0.1) is 12.3 Å². The molecule has 0 spiro atoms. The van der Waals surface area contributed by atoms with E-state index in [1.165, 1.54) is 12.2 Å². The van der Waals surface area contributed by atoms with E-state index in [0.717, 1.165) is 4.47 Å². The van der Waals surface area contributed by atoms with Gasteiger partial charge in [0.2, 0.25) is 0 Å². The smallest absolute Gasteiger partial charge is 0.331 e. The topological polar surface area (TPSA) is 91.7 Å². The molecule has 1 aromatic carbocycles. The van der Waals surface area contributed by atoms with Crippen LogP contribution in [0.1, 0.15) is 29.3 Å². The number of carbonyl (C=O) groups excluding carboxylic acids is 1. The average molecular weight is 379 g/mol. The highest BCUT2D eigenvalue weighted by Crippen LogP contribution is 2.38. The van der Waals surface area contributed by atoms with Crippen molar-refractivity contribution in [2.45, 2.75) is 20.3 Å². The van der Waals surface area contributed by atoms with Crippen LogP contribution in [0.2, 0.25) is 0 Å². The Balaban J connectivity index is 2.56. The number of Topliss-reactive ketones (excluding diaryl/α,β-unsaturated/α-hetero) is 1.